The zero-order chi connectivity index (χ0) is 23.5. The molecule has 0 aliphatic rings. The fraction of sp³-hybridized carbons (Fsp3) is 0.0435. The lowest BCUT2D eigenvalue weighted by molar-refractivity contribution is -0.383. The van der Waals surface area contributed by atoms with Crippen molar-refractivity contribution in [3.8, 4) is 22.5 Å². The predicted molar refractivity (Wildman–Crippen MR) is 118 cm³/mol. The number of benzene rings is 3. The van der Waals surface area contributed by atoms with E-state index in [1.54, 1.807) is 12.1 Å². The van der Waals surface area contributed by atoms with Crippen LogP contribution in [0.3, 0.4) is 0 Å². The number of halogens is 2. The molecule has 0 bridgehead atoms. The summed E-state index contributed by atoms with van der Waals surface area (Å²) in [7, 11) is 0. The maximum atomic E-state index is 14.4. The van der Waals surface area contributed by atoms with Crippen molar-refractivity contribution in [1.29, 1.82) is 0 Å². The Balaban J connectivity index is 1.77. The molecule has 0 saturated carbocycles. The first kappa shape index (κ1) is 21.6. The second kappa shape index (κ2) is 8.87. The number of nitro benzene ring substituents is 1. The summed E-state index contributed by atoms with van der Waals surface area (Å²) in [4.78, 5) is 26.5. The lowest BCUT2D eigenvalue weighted by atomic mass is 10.0. The summed E-state index contributed by atoms with van der Waals surface area (Å²) in [5.74, 6) is -1.51. The second-order valence-corrected chi connectivity index (χ2v) is 7.08. The Kier molecular flexibility index (Phi) is 5.81. The number of rotatable bonds is 6. The van der Waals surface area contributed by atoms with Gasteiger partial charge in [-0.2, -0.15) is 0 Å². The summed E-state index contributed by atoms with van der Waals surface area (Å²) < 4.78 is 32.9. The van der Waals surface area contributed by atoms with E-state index in [1.807, 2.05) is 0 Å². The quantitative estimate of drug-likeness (QED) is 0.280. The third-order valence-corrected chi connectivity index (χ3v) is 4.69. The first-order valence-electron chi connectivity index (χ1n) is 9.62. The molecule has 0 aliphatic carbocycles. The van der Waals surface area contributed by atoms with Crippen molar-refractivity contribution < 1.29 is 22.9 Å². The molecular formula is C23H16F2N4O4. The number of nitro groups is 1. The summed E-state index contributed by atoms with van der Waals surface area (Å²) >= 11 is 0. The third kappa shape index (κ3) is 4.85. The second-order valence-electron chi connectivity index (χ2n) is 7.08. The number of nitrogens with one attached hydrogen (secondary N) is 2. The Bertz CT molecular complexity index is 1360. The molecule has 0 unspecified atom stereocenters. The van der Waals surface area contributed by atoms with Gasteiger partial charge in [0.25, 0.3) is 5.69 Å². The molecule has 0 aliphatic heterocycles. The number of amides is 1. The number of oxazole rings is 1. The molecule has 166 valence electrons. The standard InChI is InChI=1S/C23H16F2N4O4/c1-13(30)27-17-6-15(19-4-3-16(24)9-20(19)25)7-18(10-17)28-21-5-2-14(8-22(21)29(31)32)23-11-26-12-33-23/h2-12,28H,1H3,(H,27,30). The molecule has 0 saturated heterocycles. The molecule has 8 nitrogen and oxygen atoms in total. The third-order valence-electron chi connectivity index (χ3n) is 4.69. The molecule has 3 aromatic carbocycles. The van der Waals surface area contributed by atoms with Gasteiger partial charge >= 0.3 is 0 Å². The summed E-state index contributed by atoms with van der Waals surface area (Å²) in [5.41, 5.74) is 1.49. The molecule has 0 atom stereocenters. The zero-order valence-corrected chi connectivity index (χ0v) is 17.1. The minimum absolute atomic E-state index is 0.0989. The van der Waals surface area contributed by atoms with Crippen LogP contribution in [0, 0.1) is 21.7 Å². The number of carbonyl (C=O) groups is 1. The average Bonchev–Trinajstić information content (AvgIpc) is 3.28. The SMILES string of the molecule is CC(=O)Nc1cc(Nc2ccc(-c3cnco3)cc2[N+](=O)[O-])cc(-c2ccc(F)cc2F)c1. The Labute approximate surface area is 186 Å². The Morgan fingerprint density at radius 2 is 1.82 bits per heavy atom. The topological polar surface area (TPSA) is 110 Å². The van der Waals surface area contributed by atoms with Gasteiger partial charge in [-0.25, -0.2) is 13.8 Å². The van der Waals surface area contributed by atoms with Crippen molar-refractivity contribution in [1.82, 2.24) is 4.98 Å². The lowest BCUT2D eigenvalue weighted by Crippen LogP contribution is -2.06. The average molecular weight is 450 g/mol. The number of hydrogen-bond donors (Lipinski definition) is 2. The monoisotopic (exact) mass is 450 g/mol. The maximum Gasteiger partial charge on any atom is 0.293 e. The van der Waals surface area contributed by atoms with Crippen LogP contribution in [-0.2, 0) is 4.79 Å². The van der Waals surface area contributed by atoms with Crippen LogP contribution in [0.15, 0.2) is 71.6 Å². The van der Waals surface area contributed by atoms with Gasteiger partial charge in [-0.1, -0.05) is 0 Å². The minimum atomic E-state index is -0.789. The number of hydrogen-bond acceptors (Lipinski definition) is 6. The molecular weight excluding hydrogens is 434 g/mol. The van der Waals surface area contributed by atoms with Crippen LogP contribution in [-0.4, -0.2) is 15.8 Å². The normalized spacial score (nSPS) is 10.6. The largest absolute Gasteiger partial charge is 0.444 e. The van der Waals surface area contributed by atoms with Crippen molar-refractivity contribution >= 4 is 28.7 Å². The molecule has 2 N–H and O–H groups in total. The van der Waals surface area contributed by atoms with Crippen LogP contribution in [0.1, 0.15) is 6.92 Å². The molecule has 10 heteroatoms. The smallest absolute Gasteiger partial charge is 0.293 e. The van der Waals surface area contributed by atoms with Crippen molar-refractivity contribution in [2.45, 2.75) is 6.92 Å². The van der Waals surface area contributed by atoms with Gasteiger partial charge in [0.1, 0.15) is 17.3 Å². The van der Waals surface area contributed by atoms with E-state index in [0.717, 1.165) is 12.1 Å². The van der Waals surface area contributed by atoms with Gasteiger partial charge in [0, 0.05) is 41.6 Å². The van der Waals surface area contributed by atoms with E-state index in [1.165, 1.54) is 49.8 Å². The number of anilines is 3. The fourth-order valence-electron chi connectivity index (χ4n) is 3.31. The van der Waals surface area contributed by atoms with E-state index in [0.29, 0.717) is 28.3 Å². The Morgan fingerprint density at radius 3 is 2.48 bits per heavy atom. The summed E-state index contributed by atoms with van der Waals surface area (Å²) in [5, 5.41) is 17.2. The first-order chi connectivity index (χ1) is 15.8. The van der Waals surface area contributed by atoms with Crippen LogP contribution in [0.5, 0.6) is 0 Å². The van der Waals surface area contributed by atoms with Gasteiger partial charge in [0.2, 0.25) is 5.91 Å². The molecule has 0 radical (unpaired) electrons. The van der Waals surface area contributed by atoms with E-state index >= 15 is 0 Å². The Hall–Kier alpha value is -4.60. The maximum absolute atomic E-state index is 14.4. The minimum Gasteiger partial charge on any atom is -0.444 e. The molecule has 4 rings (SSSR count). The van der Waals surface area contributed by atoms with Crippen LogP contribution >= 0.6 is 0 Å². The molecule has 4 aromatic rings. The zero-order valence-electron chi connectivity index (χ0n) is 17.1. The van der Waals surface area contributed by atoms with E-state index < -0.39 is 16.6 Å². The first-order valence-corrected chi connectivity index (χ1v) is 9.62. The highest BCUT2D eigenvalue weighted by Gasteiger charge is 2.18. The van der Waals surface area contributed by atoms with E-state index in [-0.39, 0.29) is 22.8 Å². The van der Waals surface area contributed by atoms with Crippen LogP contribution in [0.4, 0.5) is 31.5 Å². The van der Waals surface area contributed by atoms with E-state index in [4.69, 9.17) is 4.42 Å². The molecule has 33 heavy (non-hydrogen) atoms. The molecule has 1 heterocycles. The molecule has 0 spiro atoms. The van der Waals surface area contributed by atoms with Gasteiger partial charge in [-0.15, -0.1) is 0 Å². The highest BCUT2D eigenvalue weighted by molar-refractivity contribution is 5.91. The summed E-state index contributed by atoms with van der Waals surface area (Å²) in [6.45, 7) is 1.31. The highest BCUT2D eigenvalue weighted by Crippen LogP contribution is 2.35. The number of nitrogens with zero attached hydrogens (tertiary/aromatic N) is 2. The van der Waals surface area contributed by atoms with Crippen molar-refractivity contribution in [3.63, 3.8) is 0 Å². The summed E-state index contributed by atoms with van der Waals surface area (Å²) in [6.07, 6.45) is 2.66. The predicted octanol–water partition coefficient (Wildman–Crippen LogP) is 5.90. The van der Waals surface area contributed by atoms with E-state index in [9.17, 15) is 23.7 Å². The van der Waals surface area contributed by atoms with Crippen molar-refractivity contribution in [3.05, 3.63) is 88.9 Å². The van der Waals surface area contributed by atoms with Gasteiger partial charge < -0.3 is 15.1 Å². The number of carbonyl (C=O) groups excluding carboxylic acids is 1. The van der Waals surface area contributed by atoms with Crippen LogP contribution < -0.4 is 10.6 Å². The lowest BCUT2D eigenvalue weighted by Gasteiger charge is -2.13. The van der Waals surface area contributed by atoms with Gasteiger partial charge in [0.05, 0.1) is 11.1 Å². The summed E-state index contributed by atoms with van der Waals surface area (Å²) in [6, 6.07) is 12.2. The molecule has 1 aromatic heterocycles. The molecule has 0 fully saturated rings. The van der Waals surface area contributed by atoms with Crippen molar-refractivity contribution in [2.24, 2.45) is 0 Å². The van der Waals surface area contributed by atoms with E-state index in [2.05, 4.69) is 15.6 Å². The fourth-order valence-corrected chi connectivity index (χ4v) is 3.31. The van der Waals surface area contributed by atoms with Gasteiger partial charge in [0.15, 0.2) is 12.2 Å². The highest BCUT2D eigenvalue weighted by atomic mass is 19.1. The molecule has 1 amide bonds. The van der Waals surface area contributed by atoms with Crippen LogP contribution in [0.25, 0.3) is 22.5 Å². The van der Waals surface area contributed by atoms with Gasteiger partial charge in [-0.3, -0.25) is 14.9 Å². The number of aromatic nitrogens is 1. The van der Waals surface area contributed by atoms with Crippen LogP contribution in [0.2, 0.25) is 0 Å². The van der Waals surface area contributed by atoms with Crippen molar-refractivity contribution in [2.75, 3.05) is 10.6 Å². The Morgan fingerprint density at radius 1 is 1.03 bits per heavy atom. The van der Waals surface area contributed by atoms with Gasteiger partial charge in [-0.05, 0) is 48.0 Å².